The highest BCUT2D eigenvalue weighted by Crippen LogP contribution is 2.28. The van der Waals surface area contributed by atoms with Gasteiger partial charge in [0, 0.05) is 43.8 Å². The van der Waals surface area contributed by atoms with Crippen molar-refractivity contribution >= 4 is 21.7 Å². The summed E-state index contributed by atoms with van der Waals surface area (Å²) in [5.74, 6) is 0. The lowest BCUT2D eigenvalue weighted by Gasteiger charge is -2.28. The van der Waals surface area contributed by atoms with E-state index in [9.17, 15) is 13.2 Å². The largest absolute Gasteiger partial charge is 0.334 e. The molecule has 1 aromatic heterocycles. The predicted molar refractivity (Wildman–Crippen MR) is 119 cm³/mol. The van der Waals surface area contributed by atoms with Crippen LogP contribution in [0.3, 0.4) is 0 Å². The fourth-order valence-corrected chi connectivity index (χ4v) is 5.96. The maximum Gasteiger partial charge on any atom is 0.319 e. The average Bonchev–Trinajstić information content (AvgIpc) is 3.46. The van der Waals surface area contributed by atoms with E-state index in [1.165, 1.54) is 12.8 Å². The highest BCUT2D eigenvalue weighted by molar-refractivity contribution is 7.89. The molecule has 2 fully saturated rings. The van der Waals surface area contributed by atoms with Gasteiger partial charge in [0.2, 0.25) is 10.0 Å². The number of sulfonamides is 1. The van der Waals surface area contributed by atoms with Crippen molar-refractivity contribution in [1.82, 2.24) is 19.5 Å². The molecule has 3 heterocycles. The molecule has 1 aromatic carbocycles. The lowest BCUT2D eigenvalue weighted by Crippen LogP contribution is -2.42. The van der Waals surface area contributed by atoms with Gasteiger partial charge in [-0.25, -0.2) is 13.2 Å². The standard InChI is InChI=1S/C22H29N5O3S/c28-22(24-16-18-5-3-11-23-15-18)25-19-7-9-21(10-8-19)31(29,30)27-14-4-6-20(27)17-26-12-1-2-13-26/h3,5,7-11,15,20H,1-2,4,6,12-14,16-17H2,(H2,24,25,28)/t20-/m0/s1. The van der Waals surface area contributed by atoms with Gasteiger partial charge in [-0.15, -0.1) is 0 Å². The van der Waals surface area contributed by atoms with Crippen LogP contribution in [0.2, 0.25) is 0 Å². The summed E-state index contributed by atoms with van der Waals surface area (Å²) in [6, 6.07) is 9.76. The summed E-state index contributed by atoms with van der Waals surface area (Å²) in [5.41, 5.74) is 1.44. The Bertz CT molecular complexity index is 976. The minimum atomic E-state index is -3.55. The Morgan fingerprint density at radius 1 is 1.06 bits per heavy atom. The Morgan fingerprint density at radius 3 is 2.55 bits per heavy atom. The van der Waals surface area contributed by atoms with Gasteiger partial charge in [0.25, 0.3) is 0 Å². The summed E-state index contributed by atoms with van der Waals surface area (Å²) in [6.45, 7) is 3.87. The first-order valence-corrected chi connectivity index (χ1v) is 12.2. The molecule has 2 amide bonds. The van der Waals surface area contributed by atoms with E-state index < -0.39 is 10.0 Å². The Hall–Kier alpha value is -2.49. The summed E-state index contributed by atoms with van der Waals surface area (Å²) in [7, 11) is -3.55. The Labute approximate surface area is 183 Å². The number of carbonyl (C=O) groups excluding carboxylic acids is 1. The minimum absolute atomic E-state index is 0.0409. The number of nitrogens with zero attached hydrogens (tertiary/aromatic N) is 3. The molecule has 166 valence electrons. The molecular weight excluding hydrogens is 414 g/mol. The van der Waals surface area contributed by atoms with Crippen LogP contribution in [0, 0.1) is 0 Å². The van der Waals surface area contributed by atoms with E-state index in [0.717, 1.165) is 38.0 Å². The molecule has 31 heavy (non-hydrogen) atoms. The summed E-state index contributed by atoms with van der Waals surface area (Å²) in [6.07, 6.45) is 7.57. The third kappa shape index (κ3) is 5.41. The van der Waals surface area contributed by atoms with E-state index in [1.807, 2.05) is 12.1 Å². The first-order chi connectivity index (χ1) is 15.0. The second kappa shape index (κ2) is 9.76. The van der Waals surface area contributed by atoms with Crippen molar-refractivity contribution < 1.29 is 13.2 Å². The van der Waals surface area contributed by atoms with Crippen LogP contribution in [0.15, 0.2) is 53.7 Å². The zero-order chi connectivity index (χ0) is 21.7. The zero-order valence-corrected chi connectivity index (χ0v) is 18.4. The Balaban J connectivity index is 1.35. The van der Waals surface area contributed by atoms with Crippen molar-refractivity contribution in [2.75, 3.05) is 31.5 Å². The summed E-state index contributed by atoms with van der Waals surface area (Å²) in [4.78, 5) is 18.8. The topological polar surface area (TPSA) is 94.6 Å². The van der Waals surface area contributed by atoms with Crippen LogP contribution < -0.4 is 10.6 Å². The molecule has 0 bridgehead atoms. The molecule has 8 nitrogen and oxygen atoms in total. The summed E-state index contributed by atoms with van der Waals surface area (Å²) < 4.78 is 28.1. The quantitative estimate of drug-likeness (QED) is 0.686. The molecule has 2 aliphatic heterocycles. The first-order valence-electron chi connectivity index (χ1n) is 10.8. The van der Waals surface area contributed by atoms with Crippen LogP contribution in [0.25, 0.3) is 0 Å². The normalized spacial score (nSPS) is 20.1. The van der Waals surface area contributed by atoms with Gasteiger partial charge >= 0.3 is 6.03 Å². The monoisotopic (exact) mass is 443 g/mol. The lowest BCUT2D eigenvalue weighted by atomic mass is 10.2. The second-order valence-electron chi connectivity index (χ2n) is 8.11. The van der Waals surface area contributed by atoms with Gasteiger partial charge in [0.1, 0.15) is 0 Å². The van der Waals surface area contributed by atoms with Crippen molar-refractivity contribution in [3.8, 4) is 0 Å². The van der Waals surface area contributed by atoms with Crippen LogP contribution in [0.4, 0.5) is 10.5 Å². The molecular formula is C22H29N5O3S. The van der Waals surface area contributed by atoms with Crippen molar-refractivity contribution in [1.29, 1.82) is 0 Å². The fourth-order valence-electron chi connectivity index (χ4n) is 4.28. The third-order valence-electron chi connectivity index (χ3n) is 5.89. The smallest absolute Gasteiger partial charge is 0.319 e. The number of benzene rings is 1. The molecule has 0 unspecified atom stereocenters. The molecule has 0 spiro atoms. The third-order valence-corrected chi connectivity index (χ3v) is 7.85. The molecule has 2 aliphatic rings. The van der Waals surface area contributed by atoms with E-state index in [1.54, 1.807) is 41.0 Å². The van der Waals surface area contributed by atoms with Crippen molar-refractivity contribution in [3.05, 3.63) is 54.4 Å². The van der Waals surface area contributed by atoms with Crippen LogP contribution in [0.1, 0.15) is 31.2 Å². The number of hydrogen-bond donors (Lipinski definition) is 2. The van der Waals surface area contributed by atoms with E-state index in [4.69, 9.17) is 0 Å². The second-order valence-corrected chi connectivity index (χ2v) is 10.0. The number of rotatable bonds is 7. The number of aromatic nitrogens is 1. The first kappa shape index (κ1) is 21.7. The van der Waals surface area contributed by atoms with Crippen molar-refractivity contribution in [3.63, 3.8) is 0 Å². The number of anilines is 1. The Morgan fingerprint density at radius 2 is 1.84 bits per heavy atom. The van der Waals surface area contributed by atoms with Gasteiger partial charge in [-0.05, 0) is 74.7 Å². The highest BCUT2D eigenvalue weighted by atomic mass is 32.2. The van der Waals surface area contributed by atoms with E-state index in [0.29, 0.717) is 18.8 Å². The molecule has 1 atom stereocenters. The van der Waals surface area contributed by atoms with Crippen LogP contribution >= 0.6 is 0 Å². The van der Waals surface area contributed by atoms with Crippen molar-refractivity contribution in [2.45, 2.75) is 43.2 Å². The number of amides is 2. The van der Waals surface area contributed by atoms with Crippen LogP contribution in [0.5, 0.6) is 0 Å². The molecule has 2 N–H and O–H groups in total. The number of carbonyl (C=O) groups is 1. The molecule has 0 aliphatic carbocycles. The van der Waals surface area contributed by atoms with Gasteiger partial charge in [0.15, 0.2) is 0 Å². The summed E-state index contributed by atoms with van der Waals surface area (Å²) >= 11 is 0. The number of nitrogens with one attached hydrogen (secondary N) is 2. The lowest BCUT2D eigenvalue weighted by molar-refractivity contribution is 0.251. The maximum atomic E-state index is 13.2. The van der Waals surface area contributed by atoms with Gasteiger partial charge in [-0.3, -0.25) is 4.98 Å². The van der Waals surface area contributed by atoms with E-state index in [-0.39, 0.29) is 17.0 Å². The minimum Gasteiger partial charge on any atom is -0.334 e. The molecule has 2 saturated heterocycles. The van der Waals surface area contributed by atoms with Gasteiger partial charge in [-0.2, -0.15) is 4.31 Å². The van der Waals surface area contributed by atoms with Crippen LogP contribution in [-0.2, 0) is 16.6 Å². The number of pyridine rings is 1. The van der Waals surface area contributed by atoms with E-state index in [2.05, 4.69) is 20.5 Å². The fraction of sp³-hybridized carbons (Fsp3) is 0.455. The van der Waals surface area contributed by atoms with Crippen LogP contribution in [-0.4, -0.2) is 60.9 Å². The molecule has 0 saturated carbocycles. The number of likely N-dealkylation sites (tertiary alicyclic amines) is 1. The Kier molecular flexibility index (Phi) is 6.84. The van der Waals surface area contributed by atoms with Gasteiger partial charge < -0.3 is 15.5 Å². The number of urea groups is 1. The molecule has 2 aromatic rings. The van der Waals surface area contributed by atoms with Gasteiger partial charge in [-0.1, -0.05) is 6.07 Å². The zero-order valence-electron chi connectivity index (χ0n) is 17.5. The summed E-state index contributed by atoms with van der Waals surface area (Å²) in [5, 5.41) is 5.49. The predicted octanol–water partition coefficient (Wildman–Crippen LogP) is 2.65. The molecule has 0 radical (unpaired) electrons. The highest BCUT2D eigenvalue weighted by Gasteiger charge is 2.36. The van der Waals surface area contributed by atoms with E-state index >= 15 is 0 Å². The molecule has 9 heteroatoms. The van der Waals surface area contributed by atoms with Gasteiger partial charge in [0.05, 0.1) is 4.90 Å². The van der Waals surface area contributed by atoms with Crippen molar-refractivity contribution in [2.24, 2.45) is 0 Å². The average molecular weight is 444 g/mol. The SMILES string of the molecule is O=C(NCc1cccnc1)Nc1ccc(S(=O)(=O)N2CCC[C@H]2CN2CCCC2)cc1. The number of hydrogen-bond acceptors (Lipinski definition) is 5. The maximum absolute atomic E-state index is 13.2. The molecule has 4 rings (SSSR count).